The highest BCUT2D eigenvalue weighted by molar-refractivity contribution is 6.30. The summed E-state index contributed by atoms with van der Waals surface area (Å²) in [7, 11) is 0. The fourth-order valence-electron chi connectivity index (χ4n) is 3.76. The van der Waals surface area contributed by atoms with Gasteiger partial charge in [0.25, 0.3) is 0 Å². The maximum absolute atomic E-state index is 12.6. The van der Waals surface area contributed by atoms with Crippen molar-refractivity contribution in [3.63, 3.8) is 0 Å². The highest BCUT2D eigenvalue weighted by atomic mass is 35.5. The number of hydrogen-bond acceptors (Lipinski definition) is 3. The molecule has 154 valence electrons. The van der Waals surface area contributed by atoms with Crippen molar-refractivity contribution < 1.29 is 9.53 Å². The van der Waals surface area contributed by atoms with Crippen LogP contribution in [0, 0.1) is 5.92 Å². The minimum absolute atomic E-state index is 0.0625. The number of nitrogens with zero attached hydrogens (tertiary/aromatic N) is 2. The third-order valence-corrected chi connectivity index (χ3v) is 5.44. The van der Waals surface area contributed by atoms with E-state index >= 15 is 0 Å². The number of halogens is 1. The number of benzene rings is 2. The van der Waals surface area contributed by atoms with Gasteiger partial charge in [0, 0.05) is 24.3 Å². The first-order valence-electron chi connectivity index (χ1n) is 10.1. The van der Waals surface area contributed by atoms with Gasteiger partial charge in [0.05, 0.1) is 11.9 Å². The average Bonchev–Trinajstić information content (AvgIpc) is 2.76. The molecule has 1 fully saturated rings. The summed E-state index contributed by atoms with van der Waals surface area (Å²) in [6, 6.07) is 19.1. The second-order valence-electron chi connectivity index (χ2n) is 7.53. The summed E-state index contributed by atoms with van der Waals surface area (Å²) in [4.78, 5) is 18.5. The van der Waals surface area contributed by atoms with Crippen LogP contribution < -0.4 is 10.1 Å². The summed E-state index contributed by atoms with van der Waals surface area (Å²) in [5, 5.41) is 3.62. The first-order valence-corrected chi connectivity index (χ1v) is 10.5. The Bertz CT molecular complexity index is 979. The van der Waals surface area contributed by atoms with E-state index in [1.165, 1.54) is 5.56 Å². The van der Waals surface area contributed by atoms with E-state index in [0.29, 0.717) is 10.9 Å². The van der Waals surface area contributed by atoms with Gasteiger partial charge in [-0.2, -0.15) is 0 Å². The van der Waals surface area contributed by atoms with Gasteiger partial charge >= 0.3 is 6.03 Å². The van der Waals surface area contributed by atoms with Crippen LogP contribution in [0.25, 0.3) is 0 Å². The predicted octanol–water partition coefficient (Wildman–Crippen LogP) is 6.01. The summed E-state index contributed by atoms with van der Waals surface area (Å²) in [6.07, 6.45) is 6.38. The van der Waals surface area contributed by atoms with E-state index in [1.807, 2.05) is 53.4 Å². The monoisotopic (exact) mass is 421 g/mol. The van der Waals surface area contributed by atoms with Crippen LogP contribution in [0.2, 0.25) is 5.02 Å². The molecule has 5 nitrogen and oxygen atoms in total. The molecule has 1 unspecified atom stereocenters. The van der Waals surface area contributed by atoms with E-state index in [2.05, 4.69) is 22.4 Å². The molecule has 1 atom stereocenters. The number of aromatic nitrogens is 1. The minimum Gasteiger partial charge on any atom is -0.457 e. The molecular weight excluding hydrogens is 398 g/mol. The van der Waals surface area contributed by atoms with Crippen molar-refractivity contribution in [2.75, 3.05) is 18.4 Å². The van der Waals surface area contributed by atoms with Crippen LogP contribution in [-0.4, -0.2) is 29.0 Å². The molecule has 6 heteroatoms. The molecular formula is C24H24ClN3O2. The molecule has 0 aliphatic carbocycles. The van der Waals surface area contributed by atoms with Crippen molar-refractivity contribution in [2.45, 2.75) is 19.3 Å². The van der Waals surface area contributed by atoms with Crippen molar-refractivity contribution in [3.8, 4) is 11.5 Å². The van der Waals surface area contributed by atoms with Gasteiger partial charge in [0.15, 0.2) is 0 Å². The van der Waals surface area contributed by atoms with Crippen LogP contribution in [0.4, 0.5) is 10.5 Å². The fourth-order valence-corrected chi connectivity index (χ4v) is 3.89. The molecule has 2 amide bonds. The zero-order valence-corrected chi connectivity index (χ0v) is 17.4. The number of hydrogen-bond donors (Lipinski definition) is 1. The lowest BCUT2D eigenvalue weighted by molar-refractivity contribution is 0.177. The number of pyridine rings is 1. The molecule has 0 spiro atoms. The maximum atomic E-state index is 12.6. The van der Waals surface area contributed by atoms with Gasteiger partial charge in [0.2, 0.25) is 0 Å². The maximum Gasteiger partial charge on any atom is 0.321 e. The molecule has 1 aliphatic heterocycles. The third kappa shape index (κ3) is 5.51. The number of carbonyl (C=O) groups excluding carboxylic acids is 1. The summed E-state index contributed by atoms with van der Waals surface area (Å²) < 4.78 is 5.95. The lowest BCUT2D eigenvalue weighted by Gasteiger charge is -2.33. The second-order valence-corrected chi connectivity index (χ2v) is 7.97. The zero-order valence-electron chi connectivity index (χ0n) is 16.6. The summed E-state index contributed by atoms with van der Waals surface area (Å²) in [5.41, 5.74) is 1.93. The number of anilines is 1. The third-order valence-electron chi connectivity index (χ3n) is 5.19. The molecule has 1 aliphatic rings. The van der Waals surface area contributed by atoms with Crippen LogP contribution in [0.1, 0.15) is 18.4 Å². The van der Waals surface area contributed by atoms with E-state index in [-0.39, 0.29) is 6.03 Å². The molecule has 1 saturated heterocycles. The van der Waals surface area contributed by atoms with Gasteiger partial charge < -0.3 is 15.0 Å². The molecule has 3 aromatic rings. The first kappa shape index (κ1) is 20.2. The van der Waals surface area contributed by atoms with E-state index < -0.39 is 0 Å². The van der Waals surface area contributed by atoms with Gasteiger partial charge in [-0.05, 0) is 79.3 Å². The number of carbonyl (C=O) groups is 1. The molecule has 0 bridgehead atoms. The number of ether oxygens (including phenoxy) is 1. The lowest BCUT2D eigenvalue weighted by atomic mass is 9.91. The van der Waals surface area contributed by atoms with Gasteiger partial charge in [-0.1, -0.05) is 23.7 Å². The largest absolute Gasteiger partial charge is 0.457 e. The number of rotatable bonds is 5. The summed E-state index contributed by atoms with van der Waals surface area (Å²) in [5.74, 6) is 1.98. The smallest absolute Gasteiger partial charge is 0.321 e. The molecule has 2 heterocycles. The van der Waals surface area contributed by atoms with E-state index in [4.69, 9.17) is 16.3 Å². The standard InChI is InChI=1S/C24H24ClN3O2/c25-20-8-10-22(11-9-20)30-23-7-1-4-18(15-23)14-19-5-3-13-28(17-19)24(29)27-21-6-2-12-26-16-21/h1-2,4,6-12,15-16,19H,3,5,13-14,17H2,(H,27,29). The van der Waals surface area contributed by atoms with Crippen molar-refractivity contribution in [1.29, 1.82) is 0 Å². The normalized spacial score (nSPS) is 16.2. The molecule has 0 saturated carbocycles. The number of amides is 2. The lowest BCUT2D eigenvalue weighted by Crippen LogP contribution is -2.42. The number of nitrogens with one attached hydrogen (secondary N) is 1. The molecule has 1 aromatic heterocycles. The van der Waals surface area contributed by atoms with Crippen LogP contribution in [-0.2, 0) is 6.42 Å². The van der Waals surface area contributed by atoms with Gasteiger partial charge in [0.1, 0.15) is 11.5 Å². The van der Waals surface area contributed by atoms with Crippen LogP contribution in [0.5, 0.6) is 11.5 Å². The predicted molar refractivity (Wildman–Crippen MR) is 119 cm³/mol. The van der Waals surface area contributed by atoms with Gasteiger partial charge in [-0.25, -0.2) is 4.79 Å². The highest BCUT2D eigenvalue weighted by Gasteiger charge is 2.24. The van der Waals surface area contributed by atoms with Crippen molar-refractivity contribution in [1.82, 2.24) is 9.88 Å². The SMILES string of the molecule is O=C(Nc1cccnc1)N1CCCC(Cc2cccc(Oc3ccc(Cl)cc3)c2)C1. The van der Waals surface area contributed by atoms with Crippen molar-refractivity contribution in [3.05, 3.63) is 83.6 Å². The van der Waals surface area contributed by atoms with Gasteiger partial charge in [-0.15, -0.1) is 0 Å². The molecule has 1 N–H and O–H groups in total. The Labute approximate surface area is 181 Å². The second kappa shape index (κ2) is 9.63. The van der Waals surface area contributed by atoms with Gasteiger partial charge in [-0.3, -0.25) is 4.98 Å². The van der Waals surface area contributed by atoms with Crippen LogP contribution in [0.3, 0.4) is 0 Å². The van der Waals surface area contributed by atoms with E-state index in [0.717, 1.165) is 49.5 Å². The first-order chi connectivity index (χ1) is 14.7. The minimum atomic E-state index is -0.0625. The molecule has 2 aromatic carbocycles. The Morgan fingerprint density at radius 3 is 2.80 bits per heavy atom. The topological polar surface area (TPSA) is 54.5 Å². The average molecular weight is 422 g/mol. The zero-order chi connectivity index (χ0) is 20.8. The van der Waals surface area contributed by atoms with Crippen LogP contribution >= 0.6 is 11.6 Å². The highest BCUT2D eigenvalue weighted by Crippen LogP contribution is 2.27. The Balaban J connectivity index is 1.35. The molecule has 0 radical (unpaired) electrons. The van der Waals surface area contributed by atoms with Crippen molar-refractivity contribution in [2.24, 2.45) is 5.92 Å². The van der Waals surface area contributed by atoms with E-state index in [9.17, 15) is 4.79 Å². The molecule has 30 heavy (non-hydrogen) atoms. The number of likely N-dealkylation sites (tertiary alicyclic amines) is 1. The Morgan fingerprint density at radius 2 is 2.00 bits per heavy atom. The quantitative estimate of drug-likeness (QED) is 0.548. The summed E-state index contributed by atoms with van der Waals surface area (Å²) in [6.45, 7) is 1.52. The number of urea groups is 1. The van der Waals surface area contributed by atoms with Crippen LogP contribution in [0.15, 0.2) is 73.1 Å². The Hall–Kier alpha value is -3.05. The fraction of sp³-hybridized carbons (Fsp3) is 0.250. The summed E-state index contributed by atoms with van der Waals surface area (Å²) >= 11 is 5.94. The number of piperidine rings is 1. The van der Waals surface area contributed by atoms with Crippen molar-refractivity contribution >= 4 is 23.3 Å². The van der Waals surface area contributed by atoms with E-state index in [1.54, 1.807) is 12.4 Å². The Kier molecular flexibility index (Phi) is 6.50. The molecule has 4 rings (SSSR count). The Morgan fingerprint density at radius 1 is 1.13 bits per heavy atom.